The lowest BCUT2D eigenvalue weighted by Crippen LogP contribution is -2.41. The summed E-state index contributed by atoms with van der Waals surface area (Å²) in [5.74, 6) is -1.17. The number of halogens is 1. The number of amides is 1. The Kier molecular flexibility index (Phi) is 4.47. The SMILES string of the molecule is O=C(NNS(=O)(=O)c1cccc(F)c1)c1cc2c(s1)CCCC2. The van der Waals surface area contributed by atoms with Crippen LogP contribution in [0.5, 0.6) is 0 Å². The minimum atomic E-state index is -4.01. The summed E-state index contributed by atoms with van der Waals surface area (Å²) < 4.78 is 37.2. The van der Waals surface area contributed by atoms with Gasteiger partial charge in [-0.25, -0.2) is 12.8 Å². The molecule has 0 aliphatic heterocycles. The fraction of sp³-hybridized carbons (Fsp3) is 0.267. The van der Waals surface area contributed by atoms with Crippen LogP contribution in [0.3, 0.4) is 0 Å². The van der Waals surface area contributed by atoms with Crippen LogP contribution < -0.4 is 10.3 Å². The number of benzene rings is 1. The molecule has 0 radical (unpaired) electrons. The third-order valence-electron chi connectivity index (χ3n) is 3.63. The third kappa shape index (κ3) is 3.60. The molecule has 2 N–H and O–H groups in total. The molecule has 1 amide bonds. The molecule has 0 unspecified atom stereocenters. The van der Waals surface area contributed by atoms with Gasteiger partial charge in [-0.05, 0) is 55.5 Å². The second-order valence-corrected chi connectivity index (χ2v) is 8.10. The minimum absolute atomic E-state index is 0.247. The van der Waals surface area contributed by atoms with Gasteiger partial charge in [0.1, 0.15) is 5.82 Å². The number of carbonyl (C=O) groups is 1. The topological polar surface area (TPSA) is 75.3 Å². The number of thiophene rings is 1. The van der Waals surface area contributed by atoms with Gasteiger partial charge in [0.25, 0.3) is 15.9 Å². The second-order valence-electron chi connectivity index (χ2n) is 5.28. The van der Waals surface area contributed by atoms with E-state index in [0.717, 1.165) is 37.8 Å². The molecular weight excluding hydrogens is 339 g/mol. The lowest BCUT2D eigenvalue weighted by atomic mass is 9.99. The molecule has 0 atom stereocenters. The van der Waals surface area contributed by atoms with E-state index < -0.39 is 21.7 Å². The van der Waals surface area contributed by atoms with E-state index in [1.165, 1.54) is 33.9 Å². The fourth-order valence-electron chi connectivity index (χ4n) is 2.47. The summed E-state index contributed by atoms with van der Waals surface area (Å²) in [5, 5.41) is 0. The molecule has 1 aromatic heterocycles. The minimum Gasteiger partial charge on any atom is -0.273 e. The highest BCUT2D eigenvalue weighted by molar-refractivity contribution is 7.89. The van der Waals surface area contributed by atoms with Gasteiger partial charge in [-0.2, -0.15) is 0 Å². The maximum atomic E-state index is 13.1. The van der Waals surface area contributed by atoms with Crippen molar-refractivity contribution < 1.29 is 17.6 Å². The number of fused-ring (bicyclic) bond motifs is 1. The molecule has 1 aliphatic carbocycles. The van der Waals surface area contributed by atoms with Crippen LogP contribution in [0.4, 0.5) is 4.39 Å². The highest BCUT2D eigenvalue weighted by atomic mass is 32.2. The van der Waals surface area contributed by atoms with Crippen molar-refractivity contribution in [2.45, 2.75) is 30.6 Å². The summed E-state index contributed by atoms with van der Waals surface area (Å²) in [6, 6.07) is 6.39. The molecule has 0 saturated heterocycles. The van der Waals surface area contributed by atoms with E-state index in [0.29, 0.717) is 4.88 Å². The van der Waals surface area contributed by atoms with E-state index in [1.807, 2.05) is 10.9 Å². The van der Waals surface area contributed by atoms with Gasteiger partial charge in [-0.15, -0.1) is 16.2 Å². The van der Waals surface area contributed by atoms with E-state index in [9.17, 15) is 17.6 Å². The van der Waals surface area contributed by atoms with Gasteiger partial charge >= 0.3 is 0 Å². The summed E-state index contributed by atoms with van der Waals surface area (Å²) in [7, 11) is -4.01. The number of hydrogen-bond donors (Lipinski definition) is 2. The Bertz CT molecular complexity index is 823. The number of hydrogen-bond acceptors (Lipinski definition) is 4. The summed E-state index contributed by atoms with van der Waals surface area (Å²) in [6.07, 6.45) is 4.13. The number of carbonyl (C=O) groups excluding carboxylic acids is 1. The zero-order valence-electron chi connectivity index (χ0n) is 12.1. The van der Waals surface area contributed by atoms with Gasteiger partial charge in [0.2, 0.25) is 0 Å². The maximum absolute atomic E-state index is 13.1. The van der Waals surface area contributed by atoms with Crippen LogP contribution in [0, 0.1) is 5.82 Å². The predicted molar refractivity (Wildman–Crippen MR) is 85.1 cm³/mol. The Morgan fingerprint density at radius 3 is 2.70 bits per heavy atom. The van der Waals surface area contributed by atoms with Crippen LogP contribution in [0.2, 0.25) is 0 Å². The molecule has 0 fully saturated rings. The van der Waals surface area contributed by atoms with Crippen LogP contribution >= 0.6 is 11.3 Å². The summed E-state index contributed by atoms with van der Waals surface area (Å²) in [5.41, 5.74) is 3.34. The Morgan fingerprint density at radius 1 is 1.17 bits per heavy atom. The number of rotatable bonds is 4. The Hall–Kier alpha value is -1.77. The van der Waals surface area contributed by atoms with Crippen molar-refractivity contribution in [2.24, 2.45) is 0 Å². The smallest absolute Gasteiger partial charge is 0.273 e. The van der Waals surface area contributed by atoms with E-state index in [4.69, 9.17) is 0 Å². The lowest BCUT2D eigenvalue weighted by Gasteiger charge is -2.08. The van der Waals surface area contributed by atoms with E-state index in [-0.39, 0.29) is 4.90 Å². The van der Waals surface area contributed by atoms with Crippen LogP contribution in [0.25, 0.3) is 0 Å². The van der Waals surface area contributed by atoms with Gasteiger partial charge in [-0.3, -0.25) is 10.2 Å². The number of aryl methyl sites for hydroxylation is 2. The van der Waals surface area contributed by atoms with Crippen molar-refractivity contribution in [1.82, 2.24) is 10.3 Å². The van der Waals surface area contributed by atoms with Gasteiger partial charge < -0.3 is 0 Å². The number of hydrazine groups is 1. The highest BCUT2D eigenvalue weighted by Gasteiger charge is 2.20. The first kappa shape index (κ1) is 16.1. The van der Waals surface area contributed by atoms with Gasteiger partial charge in [0, 0.05) is 4.88 Å². The summed E-state index contributed by atoms with van der Waals surface area (Å²) in [4.78, 5) is 15.5. The normalized spacial score (nSPS) is 14.3. The molecule has 5 nitrogen and oxygen atoms in total. The van der Waals surface area contributed by atoms with E-state index in [1.54, 1.807) is 0 Å². The van der Waals surface area contributed by atoms with Crippen molar-refractivity contribution >= 4 is 27.3 Å². The van der Waals surface area contributed by atoms with Crippen molar-refractivity contribution in [1.29, 1.82) is 0 Å². The third-order valence-corrected chi connectivity index (χ3v) is 6.11. The van der Waals surface area contributed by atoms with Gasteiger partial charge in [0.15, 0.2) is 0 Å². The molecule has 0 saturated carbocycles. The van der Waals surface area contributed by atoms with Crippen LogP contribution in [-0.2, 0) is 22.9 Å². The van der Waals surface area contributed by atoms with Crippen molar-refractivity contribution in [3.8, 4) is 0 Å². The Balaban J connectivity index is 1.70. The highest BCUT2D eigenvalue weighted by Crippen LogP contribution is 2.29. The lowest BCUT2D eigenvalue weighted by molar-refractivity contribution is 0.0949. The quantitative estimate of drug-likeness (QED) is 0.828. The van der Waals surface area contributed by atoms with E-state index >= 15 is 0 Å². The summed E-state index contributed by atoms with van der Waals surface area (Å²) in [6.45, 7) is 0. The molecule has 1 aromatic carbocycles. The molecular formula is C15H15FN2O3S2. The second kappa shape index (κ2) is 6.38. The molecule has 122 valence electrons. The zero-order valence-corrected chi connectivity index (χ0v) is 13.8. The predicted octanol–water partition coefficient (Wildman–Crippen LogP) is 2.39. The van der Waals surface area contributed by atoms with Crippen LogP contribution in [0.1, 0.15) is 33.0 Å². The molecule has 0 bridgehead atoms. The molecule has 23 heavy (non-hydrogen) atoms. The van der Waals surface area contributed by atoms with E-state index in [2.05, 4.69) is 5.43 Å². The zero-order chi connectivity index (χ0) is 16.4. The Labute approximate surface area is 137 Å². The fourth-order valence-corrected chi connectivity index (χ4v) is 4.49. The number of nitrogens with one attached hydrogen (secondary N) is 2. The summed E-state index contributed by atoms with van der Waals surface area (Å²) >= 11 is 1.39. The standard InChI is InChI=1S/C15H15FN2O3S2/c16-11-5-3-6-12(9-11)23(20,21)18-17-15(19)14-8-10-4-1-2-7-13(10)22-14/h3,5-6,8-9,18H,1-2,4,7H2,(H,17,19). The first-order valence-corrected chi connectivity index (χ1v) is 9.45. The monoisotopic (exact) mass is 354 g/mol. The molecule has 1 aliphatic rings. The average molecular weight is 354 g/mol. The maximum Gasteiger partial charge on any atom is 0.276 e. The molecule has 8 heteroatoms. The van der Waals surface area contributed by atoms with Crippen LogP contribution in [-0.4, -0.2) is 14.3 Å². The molecule has 2 aromatic rings. The average Bonchev–Trinajstić information content (AvgIpc) is 2.97. The first-order valence-electron chi connectivity index (χ1n) is 7.15. The number of sulfonamides is 1. The first-order chi connectivity index (χ1) is 11.0. The molecule has 3 rings (SSSR count). The van der Waals surface area contributed by atoms with Crippen LogP contribution in [0.15, 0.2) is 35.2 Å². The molecule has 0 spiro atoms. The van der Waals surface area contributed by atoms with Gasteiger partial charge in [0.05, 0.1) is 9.77 Å². The molecule has 1 heterocycles. The van der Waals surface area contributed by atoms with Gasteiger partial charge in [-0.1, -0.05) is 6.07 Å². The van der Waals surface area contributed by atoms with Crippen molar-refractivity contribution in [3.63, 3.8) is 0 Å². The largest absolute Gasteiger partial charge is 0.276 e. The van der Waals surface area contributed by atoms with Crippen molar-refractivity contribution in [2.75, 3.05) is 0 Å². The Morgan fingerprint density at radius 2 is 1.96 bits per heavy atom. The van der Waals surface area contributed by atoms with Crippen molar-refractivity contribution in [3.05, 3.63) is 51.5 Å².